The number of nitrogens with zero attached hydrogens (tertiary/aromatic N) is 1. The maximum atomic E-state index is 12.5. The van der Waals surface area contributed by atoms with Crippen molar-refractivity contribution in [2.75, 3.05) is 13.6 Å². The van der Waals surface area contributed by atoms with E-state index < -0.39 is 10.0 Å². The van der Waals surface area contributed by atoms with Gasteiger partial charge < -0.3 is 5.73 Å². The molecular weight excluding hydrogens is 280 g/mol. The van der Waals surface area contributed by atoms with E-state index in [4.69, 9.17) is 18.0 Å². The summed E-state index contributed by atoms with van der Waals surface area (Å²) in [5.74, 6) is 0.524. The SMILES string of the molecule is Cc1cc(C(N)=S)ccc1S(=O)(=O)N(C)CC1CC1. The Kier molecular flexibility index (Phi) is 3.94. The van der Waals surface area contributed by atoms with E-state index >= 15 is 0 Å². The number of benzene rings is 1. The Balaban J connectivity index is 2.31. The first-order chi connectivity index (χ1) is 8.82. The predicted molar refractivity (Wildman–Crippen MR) is 79.6 cm³/mol. The summed E-state index contributed by atoms with van der Waals surface area (Å²) in [6, 6.07) is 4.97. The Morgan fingerprint density at radius 3 is 2.58 bits per heavy atom. The molecule has 2 N–H and O–H groups in total. The van der Waals surface area contributed by atoms with Gasteiger partial charge in [-0.25, -0.2) is 12.7 Å². The maximum Gasteiger partial charge on any atom is 0.243 e. The molecule has 0 aromatic heterocycles. The van der Waals surface area contributed by atoms with E-state index in [1.54, 1.807) is 32.2 Å². The normalized spacial score (nSPS) is 15.7. The van der Waals surface area contributed by atoms with E-state index in [1.165, 1.54) is 4.31 Å². The van der Waals surface area contributed by atoms with Crippen molar-refractivity contribution < 1.29 is 8.42 Å². The molecule has 0 bridgehead atoms. The fourth-order valence-corrected chi connectivity index (χ4v) is 3.60. The highest BCUT2D eigenvalue weighted by Gasteiger charge is 2.29. The van der Waals surface area contributed by atoms with Crippen LogP contribution in [0.3, 0.4) is 0 Å². The molecule has 1 aliphatic carbocycles. The van der Waals surface area contributed by atoms with Gasteiger partial charge in [0.15, 0.2) is 0 Å². The van der Waals surface area contributed by atoms with Gasteiger partial charge in [0.25, 0.3) is 0 Å². The number of hydrogen-bond donors (Lipinski definition) is 1. The highest BCUT2D eigenvalue weighted by Crippen LogP contribution is 2.31. The lowest BCUT2D eigenvalue weighted by molar-refractivity contribution is 0.452. The topological polar surface area (TPSA) is 63.4 Å². The van der Waals surface area contributed by atoms with Gasteiger partial charge in [0.1, 0.15) is 4.99 Å². The van der Waals surface area contributed by atoms with Crippen LogP contribution in [0.1, 0.15) is 24.0 Å². The lowest BCUT2D eigenvalue weighted by Crippen LogP contribution is -2.29. The Hall–Kier alpha value is -0.980. The fourth-order valence-electron chi connectivity index (χ4n) is 2.02. The molecule has 1 aliphatic rings. The Labute approximate surface area is 119 Å². The van der Waals surface area contributed by atoms with Crippen LogP contribution in [0.4, 0.5) is 0 Å². The molecule has 1 aromatic rings. The minimum atomic E-state index is -3.42. The molecule has 19 heavy (non-hydrogen) atoms. The van der Waals surface area contributed by atoms with Crippen LogP contribution in [-0.2, 0) is 10.0 Å². The van der Waals surface area contributed by atoms with Gasteiger partial charge in [0, 0.05) is 19.2 Å². The lowest BCUT2D eigenvalue weighted by Gasteiger charge is -2.18. The monoisotopic (exact) mass is 298 g/mol. The summed E-state index contributed by atoms with van der Waals surface area (Å²) in [6.45, 7) is 2.36. The minimum absolute atomic E-state index is 0.276. The number of aryl methyl sites for hydroxylation is 1. The fraction of sp³-hybridized carbons (Fsp3) is 0.462. The van der Waals surface area contributed by atoms with Crippen molar-refractivity contribution in [2.24, 2.45) is 11.7 Å². The quantitative estimate of drug-likeness (QED) is 0.840. The van der Waals surface area contributed by atoms with Gasteiger partial charge in [0.2, 0.25) is 10.0 Å². The molecule has 0 saturated heterocycles. The summed E-state index contributed by atoms with van der Waals surface area (Å²) < 4.78 is 26.4. The third kappa shape index (κ3) is 3.13. The second-order valence-electron chi connectivity index (χ2n) is 5.07. The van der Waals surface area contributed by atoms with Gasteiger partial charge in [-0.2, -0.15) is 0 Å². The molecule has 0 atom stereocenters. The van der Waals surface area contributed by atoms with Crippen molar-refractivity contribution in [3.63, 3.8) is 0 Å². The largest absolute Gasteiger partial charge is 0.389 e. The molecular formula is C13H18N2O2S2. The van der Waals surface area contributed by atoms with E-state index in [-0.39, 0.29) is 4.99 Å². The number of rotatable bonds is 5. The molecule has 2 rings (SSSR count). The van der Waals surface area contributed by atoms with Gasteiger partial charge in [-0.05, 0) is 43.4 Å². The average molecular weight is 298 g/mol. The van der Waals surface area contributed by atoms with E-state index in [0.717, 1.165) is 12.8 Å². The number of nitrogens with two attached hydrogens (primary N) is 1. The molecule has 1 aromatic carbocycles. The number of hydrogen-bond acceptors (Lipinski definition) is 3. The highest BCUT2D eigenvalue weighted by atomic mass is 32.2. The minimum Gasteiger partial charge on any atom is -0.389 e. The first kappa shape index (κ1) is 14.4. The van der Waals surface area contributed by atoms with Crippen molar-refractivity contribution in [3.8, 4) is 0 Å². The van der Waals surface area contributed by atoms with Crippen molar-refractivity contribution in [2.45, 2.75) is 24.7 Å². The van der Waals surface area contributed by atoms with Crippen molar-refractivity contribution in [1.82, 2.24) is 4.31 Å². The summed E-state index contributed by atoms with van der Waals surface area (Å²) in [5.41, 5.74) is 6.91. The summed E-state index contributed by atoms with van der Waals surface area (Å²) in [7, 11) is -1.78. The molecule has 4 nitrogen and oxygen atoms in total. The maximum absolute atomic E-state index is 12.5. The molecule has 6 heteroatoms. The van der Waals surface area contributed by atoms with Crippen LogP contribution in [0.2, 0.25) is 0 Å². The Bertz CT molecular complexity index is 607. The third-order valence-electron chi connectivity index (χ3n) is 3.36. The molecule has 104 valence electrons. The van der Waals surface area contributed by atoms with Crippen LogP contribution in [0.15, 0.2) is 23.1 Å². The van der Waals surface area contributed by atoms with Crippen LogP contribution in [0.5, 0.6) is 0 Å². The molecule has 0 heterocycles. The molecule has 0 spiro atoms. The number of thiocarbonyl (C=S) groups is 1. The van der Waals surface area contributed by atoms with Crippen molar-refractivity contribution in [3.05, 3.63) is 29.3 Å². The summed E-state index contributed by atoms with van der Waals surface area (Å²) in [6.07, 6.45) is 2.25. The van der Waals surface area contributed by atoms with Gasteiger partial charge in [0.05, 0.1) is 4.90 Å². The van der Waals surface area contributed by atoms with Crippen molar-refractivity contribution >= 4 is 27.2 Å². The second-order valence-corrected chi connectivity index (χ2v) is 7.53. The highest BCUT2D eigenvalue weighted by molar-refractivity contribution is 7.89. The van der Waals surface area contributed by atoms with E-state index in [2.05, 4.69) is 0 Å². The molecule has 0 amide bonds. The first-order valence-corrected chi connectivity index (χ1v) is 8.04. The van der Waals surface area contributed by atoms with Gasteiger partial charge in [-0.1, -0.05) is 18.3 Å². The summed E-state index contributed by atoms with van der Waals surface area (Å²) in [4.78, 5) is 0.606. The third-order valence-corrected chi connectivity index (χ3v) is 5.58. The Morgan fingerprint density at radius 2 is 2.11 bits per heavy atom. The first-order valence-electron chi connectivity index (χ1n) is 6.19. The average Bonchev–Trinajstić information content (AvgIpc) is 3.12. The van der Waals surface area contributed by atoms with Crippen LogP contribution in [-0.4, -0.2) is 31.3 Å². The second kappa shape index (κ2) is 5.19. The van der Waals surface area contributed by atoms with Gasteiger partial charge in [-0.15, -0.1) is 0 Å². The molecule has 0 unspecified atom stereocenters. The molecule has 1 fully saturated rings. The van der Waals surface area contributed by atoms with E-state index in [0.29, 0.717) is 28.5 Å². The number of sulfonamides is 1. The summed E-state index contributed by atoms with van der Waals surface area (Å²) in [5, 5.41) is 0. The summed E-state index contributed by atoms with van der Waals surface area (Å²) >= 11 is 4.89. The zero-order chi connectivity index (χ0) is 14.2. The standard InChI is InChI=1S/C13H18N2O2S2/c1-9-7-11(13(14)18)5-6-12(9)19(16,17)15(2)8-10-3-4-10/h5-7,10H,3-4,8H2,1-2H3,(H2,14,18). The lowest BCUT2D eigenvalue weighted by atomic mass is 10.1. The smallest absolute Gasteiger partial charge is 0.243 e. The molecule has 1 saturated carbocycles. The molecule has 0 radical (unpaired) electrons. The Morgan fingerprint density at radius 1 is 1.47 bits per heavy atom. The zero-order valence-electron chi connectivity index (χ0n) is 11.1. The van der Waals surface area contributed by atoms with Crippen LogP contribution in [0.25, 0.3) is 0 Å². The zero-order valence-corrected chi connectivity index (χ0v) is 12.7. The van der Waals surface area contributed by atoms with Gasteiger partial charge in [-0.3, -0.25) is 0 Å². The molecule has 0 aliphatic heterocycles. The predicted octanol–water partition coefficient (Wildman–Crippen LogP) is 1.66. The van der Waals surface area contributed by atoms with E-state index in [1.807, 2.05) is 0 Å². The van der Waals surface area contributed by atoms with Crippen LogP contribution >= 0.6 is 12.2 Å². The van der Waals surface area contributed by atoms with E-state index in [9.17, 15) is 8.42 Å². The van der Waals surface area contributed by atoms with Crippen LogP contribution < -0.4 is 5.73 Å². The van der Waals surface area contributed by atoms with Crippen LogP contribution in [0, 0.1) is 12.8 Å². The van der Waals surface area contributed by atoms with Crippen molar-refractivity contribution in [1.29, 1.82) is 0 Å². The van der Waals surface area contributed by atoms with Gasteiger partial charge >= 0.3 is 0 Å².